The summed E-state index contributed by atoms with van der Waals surface area (Å²) in [6.07, 6.45) is 1.59. The molecule has 64 valence electrons. The minimum atomic E-state index is -0.181. The molecule has 12 heavy (non-hydrogen) atoms. The molecular formula is C8H11N3O. The number of aromatic nitrogens is 1. The second-order valence-electron chi connectivity index (χ2n) is 2.23. The van der Waals surface area contributed by atoms with Crippen LogP contribution in [0.3, 0.4) is 0 Å². The smallest absolute Gasteiger partial charge is 0.271 e. The topological polar surface area (TPSA) is 54.0 Å². The molecule has 4 heteroatoms. The van der Waals surface area contributed by atoms with Crippen LogP contribution >= 0.6 is 0 Å². The summed E-state index contributed by atoms with van der Waals surface area (Å²) in [6.45, 7) is 0. The van der Waals surface area contributed by atoms with E-state index in [4.69, 9.17) is 0 Å². The SMILES string of the molecule is CNC(=O)c1ncccc1NC. The molecule has 2 N–H and O–H groups in total. The van der Waals surface area contributed by atoms with Crippen molar-refractivity contribution in [3.63, 3.8) is 0 Å². The van der Waals surface area contributed by atoms with Gasteiger partial charge in [0.1, 0.15) is 0 Å². The van der Waals surface area contributed by atoms with E-state index in [1.54, 1.807) is 32.4 Å². The molecule has 0 bridgehead atoms. The van der Waals surface area contributed by atoms with Gasteiger partial charge in [0, 0.05) is 20.3 Å². The summed E-state index contributed by atoms with van der Waals surface area (Å²) in [7, 11) is 3.33. The number of nitrogens with one attached hydrogen (secondary N) is 2. The van der Waals surface area contributed by atoms with Gasteiger partial charge in [-0.05, 0) is 12.1 Å². The lowest BCUT2D eigenvalue weighted by Gasteiger charge is -2.04. The van der Waals surface area contributed by atoms with Crippen LogP contribution in [0.2, 0.25) is 0 Å². The largest absolute Gasteiger partial charge is 0.386 e. The third-order valence-corrected chi connectivity index (χ3v) is 1.52. The summed E-state index contributed by atoms with van der Waals surface area (Å²) < 4.78 is 0. The second kappa shape index (κ2) is 3.71. The number of hydrogen-bond donors (Lipinski definition) is 2. The van der Waals surface area contributed by atoms with E-state index in [9.17, 15) is 4.79 Å². The van der Waals surface area contributed by atoms with E-state index in [1.165, 1.54) is 0 Å². The van der Waals surface area contributed by atoms with Crippen LogP contribution in [0.4, 0.5) is 5.69 Å². The number of hydrogen-bond acceptors (Lipinski definition) is 3. The quantitative estimate of drug-likeness (QED) is 0.670. The number of rotatable bonds is 2. The average Bonchev–Trinajstić information content (AvgIpc) is 2.16. The summed E-state index contributed by atoms with van der Waals surface area (Å²) in [5.74, 6) is -0.181. The van der Waals surface area contributed by atoms with E-state index in [2.05, 4.69) is 15.6 Å². The van der Waals surface area contributed by atoms with Crippen LogP contribution in [0.1, 0.15) is 10.5 Å². The van der Waals surface area contributed by atoms with Crippen LogP contribution < -0.4 is 10.6 Å². The van der Waals surface area contributed by atoms with Crippen LogP contribution in [-0.4, -0.2) is 25.0 Å². The zero-order valence-corrected chi connectivity index (χ0v) is 7.09. The molecule has 1 heterocycles. The van der Waals surface area contributed by atoms with Gasteiger partial charge in [-0.2, -0.15) is 0 Å². The van der Waals surface area contributed by atoms with Crippen molar-refractivity contribution in [3.05, 3.63) is 24.0 Å². The lowest BCUT2D eigenvalue weighted by molar-refractivity contribution is 0.0959. The summed E-state index contributed by atoms with van der Waals surface area (Å²) in [5.41, 5.74) is 1.15. The highest BCUT2D eigenvalue weighted by molar-refractivity contribution is 5.97. The standard InChI is InChI=1S/C8H11N3O/c1-9-6-4-3-5-11-7(6)8(12)10-2/h3-5,9H,1-2H3,(H,10,12). The Kier molecular flexibility index (Phi) is 2.63. The van der Waals surface area contributed by atoms with Crippen molar-refractivity contribution in [1.82, 2.24) is 10.3 Å². The first-order chi connectivity index (χ1) is 5.79. The van der Waals surface area contributed by atoms with Gasteiger partial charge in [-0.1, -0.05) is 0 Å². The van der Waals surface area contributed by atoms with Crippen molar-refractivity contribution in [2.75, 3.05) is 19.4 Å². The molecule has 0 aliphatic heterocycles. The molecule has 1 aromatic heterocycles. The molecule has 0 atom stereocenters. The molecule has 0 saturated carbocycles. The highest BCUT2D eigenvalue weighted by Crippen LogP contribution is 2.09. The third-order valence-electron chi connectivity index (χ3n) is 1.52. The van der Waals surface area contributed by atoms with Gasteiger partial charge in [-0.15, -0.1) is 0 Å². The van der Waals surface area contributed by atoms with Crippen molar-refractivity contribution in [1.29, 1.82) is 0 Å². The highest BCUT2D eigenvalue weighted by Gasteiger charge is 2.08. The van der Waals surface area contributed by atoms with Crippen molar-refractivity contribution in [2.24, 2.45) is 0 Å². The number of carbonyl (C=O) groups is 1. The Morgan fingerprint density at radius 2 is 2.25 bits per heavy atom. The number of pyridine rings is 1. The van der Waals surface area contributed by atoms with Crippen LogP contribution in [0.25, 0.3) is 0 Å². The van der Waals surface area contributed by atoms with Crippen molar-refractivity contribution < 1.29 is 4.79 Å². The molecule has 0 aliphatic carbocycles. The number of amides is 1. The maximum atomic E-state index is 11.2. The van der Waals surface area contributed by atoms with E-state index in [0.29, 0.717) is 5.69 Å². The fourth-order valence-corrected chi connectivity index (χ4v) is 0.906. The zero-order valence-electron chi connectivity index (χ0n) is 7.09. The lowest BCUT2D eigenvalue weighted by Crippen LogP contribution is -2.20. The number of carbonyl (C=O) groups excluding carboxylic acids is 1. The van der Waals surface area contributed by atoms with Crippen LogP contribution in [-0.2, 0) is 0 Å². The zero-order chi connectivity index (χ0) is 8.97. The number of anilines is 1. The molecule has 0 unspecified atom stereocenters. The Hall–Kier alpha value is -1.58. The van der Waals surface area contributed by atoms with Gasteiger partial charge >= 0.3 is 0 Å². The normalized spacial score (nSPS) is 9.17. The van der Waals surface area contributed by atoms with Gasteiger partial charge in [-0.25, -0.2) is 4.98 Å². The second-order valence-corrected chi connectivity index (χ2v) is 2.23. The van der Waals surface area contributed by atoms with Crippen LogP contribution in [0, 0.1) is 0 Å². The van der Waals surface area contributed by atoms with Crippen molar-refractivity contribution >= 4 is 11.6 Å². The minimum absolute atomic E-state index is 0.181. The molecule has 0 aliphatic rings. The maximum Gasteiger partial charge on any atom is 0.271 e. The van der Waals surface area contributed by atoms with Crippen molar-refractivity contribution in [2.45, 2.75) is 0 Å². The summed E-state index contributed by atoms with van der Waals surface area (Å²) in [5, 5.41) is 5.40. The first kappa shape index (κ1) is 8.52. The van der Waals surface area contributed by atoms with Crippen LogP contribution in [0.5, 0.6) is 0 Å². The molecule has 0 radical (unpaired) electrons. The Bertz CT molecular complexity index is 285. The molecule has 0 aromatic carbocycles. The molecule has 0 saturated heterocycles. The van der Waals surface area contributed by atoms with E-state index < -0.39 is 0 Å². The Morgan fingerprint density at radius 1 is 1.50 bits per heavy atom. The molecule has 0 fully saturated rings. The summed E-state index contributed by atoms with van der Waals surface area (Å²) in [4.78, 5) is 15.1. The van der Waals surface area contributed by atoms with E-state index >= 15 is 0 Å². The number of nitrogens with zero attached hydrogens (tertiary/aromatic N) is 1. The predicted molar refractivity (Wildman–Crippen MR) is 47.2 cm³/mol. The van der Waals surface area contributed by atoms with Gasteiger partial charge < -0.3 is 10.6 Å². The molecule has 1 rings (SSSR count). The van der Waals surface area contributed by atoms with Gasteiger partial charge in [-0.3, -0.25) is 4.79 Å². The van der Waals surface area contributed by atoms with Gasteiger partial charge in [0.25, 0.3) is 5.91 Å². The van der Waals surface area contributed by atoms with E-state index in [1.807, 2.05) is 0 Å². The van der Waals surface area contributed by atoms with Gasteiger partial charge in [0.15, 0.2) is 5.69 Å². The third kappa shape index (κ3) is 1.53. The predicted octanol–water partition coefficient (Wildman–Crippen LogP) is 0.483. The molecule has 0 spiro atoms. The Morgan fingerprint density at radius 3 is 2.83 bits per heavy atom. The summed E-state index contributed by atoms with van der Waals surface area (Å²) in [6, 6.07) is 3.58. The Labute approximate surface area is 71.0 Å². The fraction of sp³-hybridized carbons (Fsp3) is 0.250. The van der Waals surface area contributed by atoms with E-state index in [-0.39, 0.29) is 5.91 Å². The average molecular weight is 165 g/mol. The minimum Gasteiger partial charge on any atom is -0.386 e. The molecule has 1 aromatic rings. The monoisotopic (exact) mass is 165 g/mol. The first-order valence-electron chi connectivity index (χ1n) is 3.64. The van der Waals surface area contributed by atoms with E-state index in [0.717, 1.165) is 5.69 Å². The summed E-state index contributed by atoms with van der Waals surface area (Å²) >= 11 is 0. The van der Waals surface area contributed by atoms with Gasteiger partial charge in [0.05, 0.1) is 5.69 Å². The molecule has 1 amide bonds. The highest BCUT2D eigenvalue weighted by atomic mass is 16.1. The maximum absolute atomic E-state index is 11.2. The molecular weight excluding hydrogens is 154 g/mol. The Balaban J connectivity index is 3.04. The molecule has 4 nitrogen and oxygen atoms in total. The first-order valence-corrected chi connectivity index (χ1v) is 3.64. The fourth-order valence-electron chi connectivity index (χ4n) is 0.906. The lowest BCUT2D eigenvalue weighted by atomic mass is 10.3. The van der Waals surface area contributed by atoms with Crippen LogP contribution in [0.15, 0.2) is 18.3 Å². The van der Waals surface area contributed by atoms with Crippen molar-refractivity contribution in [3.8, 4) is 0 Å². The van der Waals surface area contributed by atoms with Gasteiger partial charge in [0.2, 0.25) is 0 Å².